The molecule has 0 aromatic heterocycles. The van der Waals surface area contributed by atoms with E-state index < -0.39 is 20.0 Å². The van der Waals surface area contributed by atoms with Crippen molar-refractivity contribution in [3.63, 3.8) is 0 Å². The molecule has 0 radical (unpaired) electrons. The summed E-state index contributed by atoms with van der Waals surface area (Å²) < 4.78 is 30.6. The topological polar surface area (TPSA) is 111 Å². The third-order valence-corrected chi connectivity index (χ3v) is 14.3. The number of rotatable bonds is 55. The van der Waals surface area contributed by atoms with Gasteiger partial charge in [-0.3, -0.25) is 18.6 Å². The number of allylic oxidation sites excluding steroid dienone is 13. The highest BCUT2D eigenvalue weighted by atomic mass is 31.2. The van der Waals surface area contributed by atoms with E-state index in [4.69, 9.17) is 13.8 Å². The van der Waals surface area contributed by atoms with Crippen LogP contribution in [0.15, 0.2) is 85.1 Å². The second-order valence-electron chi connectivity index (χ2n) is 21.9. The van der Waals surface area contributed by atoms with Gasteiger partial charge in [0.25, 0.3) is 0 Å². The molecule has 9 nitrogen and oxygen atoms in total. The molecule has 0 aliphatic carbocycles. The summed E-state index contributed by atoms with van der Waals surface area (Å²) in [6.45, 7) is 6.88. The van der Waals surface area contributed by atoms with Crippen LogP contribution in [0.25, 0.3) is 0 Å². The number of carbonyl (C=O) groups is 2. The highest BCUT2D eigenvalue weighted by Crippen LogP contribution is 2.43. The average molecular weight is 1070 g/mol. The number of ether oxygens (including phenoxy) is 1. The van der Waals surface area contributed by atoms with E-state index in [1.54, 1.807) is 0 Å². The quantitative estimate of drug-likeness (QED) is 0.0205. The van der Waals surface area contributed by atoms with Crippen LogP contribution in [0.1, 0.15) is 265 Å². The van der Waals surface area contributed by atoms with Crippen molar-refractivity contribution in [1.82, 2.24) is 5.32 Å². The second-order valence-corrected chi connectivity index (χ2v) is 23.3. The minimum Gasteiger partial charge on any atom is -0.456 e. The van der Waals surface area contributed by atoms with E-state index in [0.717, 1.165) is 109 Å². The third kappa shape index (κ3) is 55.7. The van der Waals surface area contributed by atoms with E-state index >= 15 is 0 Å². The molecule has 0 spiro atoms. The van der Waals surface area contributed by atoms with Crippen molar-refractivity contribution in [2.75, 3.05) is 40.9 Å². The van der Waals surface area contributed by atoms with E-state index in [9.17, 15) is 19.0 Å². The van der Waals surface area contributed by atoms with Crippen LogP contribution < -0.4 is 5.32 Å². The number of likely N-dealkylation sites (N-methyl/N-ethyl adjacent to an activating group) is 1. The number of esters is 1. The number of quaternary nitrogens is 1. The number of amides is 1. The van der Waals surface area contributed by atoms with Gasteiger partial charge in [-0.1, -0.05) is 254 Å². The zero-order valence-corrected chi connectivity index (χ0v) is 50.4. The van der Waals surface area contributed by atoms with E-state index in [2.05, 4.69) is 99.0 Å². The zero-order chi connectivity index (χ0) is 55.0. The van der Waals surface area contributed by atoms with Gasteiger partial charge in [-0.2, -0.15) is 0 Å². The van der Waals surface area contributed by atoms with Crippen LogP contribution in [0, 0.1) is 0 Å². The summed E-state index contributed by atoms with van der Waals surface area (Å²) in [6, 6.07) is -0.851. The molecule has 0 heterocycles. The van der Waals surface area contributed by atoms with Crippen molar-refractivity contribution in [2.45, 2.75) is 277 Å². The Kier molecular flexibility index (Phi) is 52.5. The molecule has 0 aromatic rings. The van der Waals surface area contributed by atoms with Gasteiger partial charge in [0.05, 0.1) is 33.8 Å². The molecule has 0 rings (SSSR count). The minimum absolute atomic E-state index is 0.0370. The van der Waals surface area contributed by atoms with Gasteiger partial charge in [-0.15, -0.1) is 0 Å². The molecule has 0 fully saturated rings. The largest absolute Gasteiger partial charge is 0.472 e. The van der Waals surface area contributed by atoms with Crippen LogP contribution in [0.3, 0.4) is 0 Å². The second kappa shape index (κ2) is 54.5. The average Bonchev–Trinajstić information content (AvgIpc) is 3.37. The number of hydrogen-bond acceptors (Lipinski definition) is 6. The molecule has 0 saturated carbocycles. The standard InChI is InChI=1S/C65H117N2O7P/c1-7-10-13-16-19-22-25-26-27-28-29-30-31-32-33-34-35-36-37-38-39-40-43-46-49-52-55-58-65(69)74-63(56-53-50-47-44-41-23-20-17-14-11-8-2)62(61-73-75(70,71)72-60-59-67(4,5)6)66-64(68)57-54-51-48-45-42-24-21-18-15-12-9-3/h10,13,19,22,26-27,29-30,32-33,35-36,53,56,62-63H,7-9,11-12,14-18,20-21,23-25,28,31,34,37-52,54-55,57-61H2,1-6H3,(H-,66,68,70,71)/p+1/b13-10-,22-19-,27-26-,30-29-,33-32-,36-35-,56-53-. The maximum Gasteiger partial charge on any atom is 0.472 e. The summed E-state index contributed by atoms with van der Waals surface area (Å²) in [5.74, 6) is -0.515. The summed E-state index contributed by atoms with van der Waals surface area (Å²) in [7, 11) is 1.49. The number of nitrogens with zero attached hydrogens (tertiary/aromatic N) is 1. The Morgan fingerprint density at radius 3 is 1.28 bits per heavy atom. The summed E-state index contributed by atoms with van der Waals surface area (Å²) >= 11 is 0. The summed E-state index contributed by atoms with van der Waals surface area (Å²) in [4.78, 5) is 37.6. The van der Waals surface area contributed by atoms with Crippen molar-refractivity contribution >= 4 is 19.7 Å². The lowest BCUT2D eigenvalue weighted by Gasteiger charge is -2.27. The van der Waals surface area contributed by atoms with Gasteiger partial charge in [-0.25, -0.2) is 4.57 Å². The minimum atomic E-state index is -4.45. The lowest BCUT2D eigenvalue weighted by atomic mass is 10.0. The Balaban J connectivity index is 5.07. The maximum absolute atomic E-state index is 13.5. The fraction of sp³-hybridized carbons (Fsp3) is 0.754. The summed E-state index contributed by atoms with van der Waals surface area (Å²) in [5, 5.41) is 3.04. The number of nitrogens with one attached hydrogen (secondary N) is 1. The van der Waals surface area contributed by atoms with E-state index in [-0.39, 0.29) is 31.5 Å². The molecule has 0 aromatic carbocycles. The molecule has 0 saturated heterocycles. The van der Waals surface area contributed by atoms with Gasteiger partial charge < -0.3 is 19.4 Å². The molecule has 1 amide bonds. The molecule has 3 unspecified atom stereocenters. The first-order valence-electron chi connectivity index (χ1n) is 30.9. The predicted octanol–water partition coefficient (Wildman–Crippen LogP) is 19.0. The summed E-state index contributed by atoms with van der Waals surface area (Å²) in [6.07, 6.45) is 71.6. The van der Waals surface area contributed by atoms with Crippen LogP contribution in [0.2, 0.25) is 0 Å². The lowest BCUT2D eigenvalue weighted by Crippen LogP contribution is -2.47. The Morgan fingerprint density at radius 2 is 0.853 bits per heavy atom. The van der Waals surface area contributed by atoms with Gasteiger partial charge in [0.2, 0.25) is 5.91 Å². The summed E-state index contributed by atoms with van der Waals surface area (Å²) in [5.41, 5.74) is 0. The van der Waals surface area contributed by atoms with Gasteiger partial charge in [0.15, 0.2) is 0 Å². The first-order chi connectivity index (χ1) is 36.4. The molecule has 75 heavy (non-hydrogen) atoms. The molecule has 3 atom stereocenters. The van der Waals surface area contributed by atoms with Crippen LogP contribution in [0.5, 0.6) is 0 Å². The van der Waals surface area contributed by atoms with Crippen LogP contribution in [-0.4, -0.2) is 74.3 Å². The van der Waals surface area contributed by atoms with Crippen molar-refractivity contribution in [3.05, 3.63) is 85.1 Å². The van der Waals surface area contributed by atoms with Crippen molar-refractivity contribution < 1.29 is 37.3 Å². The normalized spacial score (nSPS) is 14.3. The highest BCUT2D eigenvalue weighted by Gasteiger charge is 2.30. The fourth-order valence-corrected chi connectivity index (χ4v) is 9.33. The highest BCUT2D eigenvalue weighted by molar-refractivity contribution is 7.47. The van der Waals surface area contributed by atoms with Crippen LogP contribution in [0.4, 0.5) is 0 Å². The number of unbranched alkanes of at least 4 members (excludes halogenated alkanes) is 27. The van der Waals surface area contributed by atoms with Crippen LogP contribution >= 0.6 is 7.82 Å². The third-order valence-electron chi connectivity index (χ3n) is 13.3. The zero-order valence-electron chi connectivity index (χ0n) is 49.5. The molecule has 0 bridgehead atoms. The Morgan fingerprint density at radius 1 is 0.480 bits per heavy atom. The molecule has 434 valence electrons. The van der Waals surface area contributed by atoms with E-state index in [1.165, 1.54) is 122 Å². The maximum atomic E-state index is 13.5. The monoisotopic (exact) mass is 1070 g/mol. The first kappa shape index (κ1) is 72.2. The van der Waals surface area contributed by atoms with Gasteiger partial charge >= 0.3 is 13.8 Å². The lowest BCUT2D eigenvalue weighted by molar-refractivity contribution is -0.870. The smallest absolute Gasteiger partial charge is 0.456 e. The first-order valence-corrected chi connectivity index (χ1v) is 32.4. The molecule has 0 aliphatic rings. The molecular formula is C65H118N2O7P+. The number of phosphoric acid groups is 1. The van der Waals surface area contributed by atoms with E-state index in [0.29, 0.717) is 17.4 Å². The number of phosphoric ester groups is 1. The number of carbonyl (C=O) groups excluding carboxylic acids is 2. The Hall–Kier alpha value is -2.81. The Bertz CT molecular complexity index is 1560. The van der Waals surface area contributed by atoms with E-state index in [1.807, 2.05) is 33.3 Å². The van der Waals surface area contributed by atoms with Crippen molar-refractivity contribution in [3.8, 4) is 0 Å². The predicted molar refractivity (Wildman–Crippen MR) is 323 cm³/mol. The molecular weight excluding hydrogens is 952 g/mol. The SMILES string of the molecule is CC/C=C\C/C=C\C/C=C\C/C=C\C/C=C\C/C=C\CCCCCCCCCCC(=O)OC(/C=C\CCCCCCCCCCC)C(COP(=O)(O)OCC[N+](C)(C)C)NC(=O)CCCCCCCCCCCCC. The van der Waals surface area contributed by atoms with Crippen molar-refractivity contribution in [1.29, 1.82) is 0 Å². The van der Waals surface area contributed by atoms with Crippen LogP contribution in [-0.2, 0) is 27.9 Å². The Labute approximate surface area is 463 Å². The number of hydrogen-bond donors (Lipinski definition) is 2. The van der Waals surface area contributed by atoms with Crippen molar-refractivity contribution in [2.24, 2.45) is 0 Å². The van der Waals surface area contributed by atoms with Gasteiger partial charge in [0.1, 0.15) is 19.3 Å². The molecule has 2 N–H and O–H groups in total. The molecule has 10 heteroatoms. The fourth-order valence-electron chi connectivity index (χ4n) is 8.59. The van der Waals surface area contributed by atoms with Gasteiger partial charge in [0, 0.05) is 12.8 Å². The van der Waals surface area contributed by atoms with Gasteiger partial charge in [-0.05, 0) is 83.1 Å². The molecule has 0 aliphatic heterocycles.